The summed E-state index contributed by atoms with van der Waals surface area (Å²) < 4.78 is 32.4. The van der Waals surface area contributed by atoms with Gasteiger partial charge in [-0.1, -0.05) is 17.7 Å². The molecule has 5 nitrogen and oxygen atoms in total. The molecule has 0 saturated heterocycles. The molecule has 0 aliphatic carbocycles. The average Bonchev–Trinajstić information content (AvgIpc) is 2.57. The van der Waals surface area contributed by atoms with Crippen LogP contribution in [0.15, 0.2) is 36.4 Å². The monoisotopic (exact) mass is 368 g/mol. The summed E-state index contributed by atoms with van der Waals surface area (Å²) in [6.45, 7) is 1.99. The van der Waals surface area contributed by atoms with Crippen molar-refractivity contribution in [3.63, 3.8) is 0 Å². The van der Waals surface area contributed by atoms with E-state index in [1.165, 1.54) is 24.3 Å². The third kappa shape index (κ3) is 5.15. The Labute approximate surface area is 147 Å². The average molecular weight is 369 g/mol. The maximum atomic E-state index is 13.7. The minimum Gasteiger partial charge on any atom is -0.491 e. The van der Waals surface area contributed by atoms with Crippen molar-refractivity contribution in [3.8, 4) is 5.75 Å². The molecule has 2 N–H and O–H groups in total. The lowest BCUT2D eigenvalue weighted by Crippen LogP contribution is -2.35. The minimum absolute atomic E-state index is 0.0708. The summed E-state index contributed by atoms with van der Waals surface area (Å²) in [6, 6.07) is 7.82. The molecule has 2 aromatic rings. The lowest BCUT2D eigenvalue weighted by molar-refractivity contribution is -0.136. The Morgan fingerprint density at radius 3 is 2.48 bits per heavy atom. The number of benzene rings is 2. The summed E-state index contributed by atoms with van der Waals surface area (Å²) in [4.78, 5) is 23.5. The first-order chi connectivity index (χ1) is 11.9. The van der Waals surface area contributed by atoms with Crippen LogP contribution in [0.1, 0.15) is 12.5 Å². The largest absolute Gasteiger partial charge is 0.491 e. The van der Waals surface area contributed by atoms with Crippen LogP contribution in [-0.4, -0.2) is 18.4 Å². The van der Waals surface area contributed by atoms with Crippen molar-refractivity contribution >= 4 is 29.1 Å². The zero-order chi connectivity index (χ0) is 18.4. The number of halogens is 3. The first-order valence-corrected chi connectivity index (χ1v) is 7.74. The topological polar surface area (TPSA) is 67.4 Å². The number of carbonyl (C=O) groups excluding carboxylic acids is 2. The fraction of sp³-hybridized carbons (Fsp3) is 0.176. The molecule has 0 atom stereocenters. The van der Waals surface area contributed by atoms with Crippen molar-refractivity contribution < 1.29 is 23.1 Å². The third-order valence-corrected chi connectivity index (χ3v) is 3.37. The van der Waals surface area contributed by atoms with E-state index in [4.69, 9.17) is 16.3 Å². The molecular weight excluding hydrogens is 354 g/mol. The zero-order valence-electron chi connectivity index (χ0n) is 13.2. The predicted molar refractivity (Wildman–Crippen MR) is 89.5 cm³/mol. The van der Waals surface area contributed by atoms with Crippen molar-refractivity contribution in [2.45, 2.75) is 13.5 Å². The molecule has 8 heteroatoms. The van der Waals surface area contributed by atoms with Crippen LogP contribution >= 0.6 is 11.6 Å². The molecule has 2 rings (SSSR count). The van der Waals surface area contributed by atoms with Gasteiger partial charge in [-0.3, -0.25) is 9.59 Å². The van der Waals surface area contributed by atoms with Crippen LogP contribution in [0.2, 0.25) is 5.02 Å². The Kier molecular flexibility index (Phi) is 6.30. The number of hydrogen-bond donors (Lipinski definition) is 2. The van der Waals surface area contributed by atoms with Crippen LogP contribution in [0, 0.1) is 11.6 Å². The zero-order valence-corrected chi connectivity index (χ0v) is 14.0. The van der Waals surface area contributed by atoms with Gasteiger partial charge in [0.1, 0.15) is 5.82 Å². The van der Waals surface area contributed by atoms with Crippen LogP contribution < -0.4 is 15.4 Å². The molecule has 0 saturated carbocycles. The normalized spacial score (nSPS) is 10.2. The van der Waals surface area contributed by atoms with E-state index in [2.05, 4.69) is 10.6 Å². The highest BCUT2D eigenvalue weighted by atomic mass is 35.5. The molecule has 2 aromatic carbocycles. The van der Waals surface area contributed by atoms with Gasteiger partial charge in [0.2, 0.25) is 0 Å². The van der Waals surface area contributed by atoms with Crippen molar-refractivity contribution in [2.24, 2.45) is 0 Å². The van der Waals surface area contributed by atoms with Crippen LogP contribution in [0.5, 0.6) is 5.75 Å². The summed E-state index contributed by atoms with van der Waals surface area (Å²) in [5.41, 5.74) is 0.274. The van der Waals surface area contributed by atoms with Crippen LogP contribution in [0.4, 0.5) is 14.5 Å². The highest BCUT2D eigenvalue weighted by Crippen LogP contribution is 2.19. The van der Waals surface area contributed by atoms with Gasteiger partial charge < -0.3 is 15.4 Å². The van der Waals surface area contributed by atoms with Gasteiger partial charge >= 0.3 is 11.8 Å². The van der Waals surface area contributed by atoms with Gasteiger partial charge in [-0.25, -0.2) is 8.78 Å². The molecule has 0 aliphatic heterocycles. The van der Waals surface area contributed by atoms with E-state index in [0.717, 1.165) is 6.07 Å². The fourth-order valence-electron chi connectivity index (χ4n) is 1.96. The molecule has 0 fully saturated rings. The molecule has 0 bridgehead atoms. The molecular formula is C17H15ClF2N2O3. The molecule has 2 amide bonds. The van der Waals surface area contributed by atoms with Gasteiger partial charge in [0.05, 0.1) is 12.3 Å². The summed E-state index contributed by atoms with van der Waals surface area (Å²) in [5.74, 6) is -3.26. The number of hydrogen-bond acceptors (Lipinski definition) is 3. The van der Waals surface area contributed by atoms with Gasteiger partial charge in [-0.15, -0.1) is 0 Å². The van der Waals surface area contributed by atoms with Gasteiger partial charge in [-0.05, 0) is 42.8 Å². The number of amides is 2. The van der Waals surface area contributed by atoms with Crippen LogP contribution in [-0.2, 0) is 16.1 Å². The summed E-state index contributed by atoms with van der Waals surface area (Å²) in [6.07, 6.45) is 0. The lowest BCUT2D eigenvalue weighted by Gasteiger charge is -2.09. The fourth-order valence-corrected chi connectivity index (χ4v) is 2.12. The van der Waals surface area contributed by atoms with E-state index >= 15 is 0 Å². The smallest absolute Gasteiger partial charge is 0.313 e. The van der Waals surface area contributed by atoms with E-state index in [9.17, 15) is 18.4 Å². The van der Waals surface area contributed by atoms with Gasteiger partial charge in [0.15, 0.2) is 11.6 Å². The van der Waals surface area contributed by atoms with Crippen molar-refractivity contribution in [3.05, 3.63) is 58.6 Å². The summed E-state index contributed by atoms with van der Waals surface area (Å²) >= 11 is 5.61. The summed E-state index contributed by atoms with van der Waals surface area (Å²) in [5, 5.41) is 4.62. The Morgan fingerprint density at radius 2 is 1.84 bits per heavy atom. The van der Waals surface area contributed by atoms with Gasteiger partial charge in [-0.2, -0.15) is 0 Å². The molecule has 0 aliphatic rings. The molecule has 0 heterocycles. The SMILES string of the molecule is CCOc1ccc(CNC(=O)C(=O)Nc2ccc(Cl)cc2F)cc1F. The van der Waals surface area contributed by atoms with E-state index < -0.39 is 23.4 Å². The van der Waals surface area contributed by atoms with Crippen molar-refractivity contribution in [1.29, 1.82) is 0 Å². The third-order valence-electron chi connectivity index (χ3n) is 3.13. The Hall–Kier alpha value is -2.67. The number of rotatable bonds is 5. The molecule has 25 heavy (non-hydrogen) atoms. The number of ether oxygens (including phenoxy) is 1. The number of anilines is 1. The van der Waals surface area contributed by atoms with Crippen molar-refractivity contribution in [1.82, 2.24) is 5.32 Å². The Balaban J connectivity index is 1.93. The van der Waals surface area contributed by atoms with E-state index in [1.807, 2.05) is 0 Å². The molecule has 0 spiro atoms. The molecule has 132 valence electrons. The second-order valence-corrected chi connectivity index (χ2v) is 5.40. The highest BCUT2D eigenvalue weighted by Gasteiger charge is 2.16. The number of nitrogens with one attached hydrogen (secondary N) is 2. The first-order valence-electron chi connectivity index (χ1n) is 7.36. The van der Waals surface area contributed by atoms with Crippen LogP contribution in [0.3, 0.4) is 0 Å². The quantitative estimate of drug-likeness (QED) is 0.796. The molecule has 0 unspecified atom stereocenters. The molecule has 0 radical (unpaired) electrons. The van der Waals surface area contributed by atoms with E-state index in [-0.39, 0.29) is 23.0 Å². The Morgan fingerprint density at radius 1 is 1.08 bits per heavy atom. The highest BCUT2D eigenvalue weighted by molar-refractivity contribution is 6.39. The van der Waals surface area contributed by atoms with Crippen molar-refractivity contribution in [2.75, 3.05) is 11.9 Å². The standard InChI is InChI=1S/C17H15ClF2N2O3/c1-2-25-15-6-3-10(7-13(15)20)9-21-16(23)17(24)22-14-5-4-11(18)8-12(14)19/h3-8H,2,9H2,1H3,(H,21,23)(H,22,24). The van der Waals surface area contributed by atoms with Crippen LogP contribution in [0.25, 0.3) is 0 Å². The first kappa shape index (κ1) is 18.7. The van der Waals surface area contributed by atoms with Gasteiger partial charge in [0.25, 0.3) is 0 Å². The summed E-state index contributed by atoms with van der Waals surface area (Å²) in [7, 11) is 0. The second kappa shape index (κ2) is 8.43. The molecule has 0 aromatic heterocycles. The minimum atomic E-state index is -1.05. The van der Waals surface area contributed by atoms with E-state index in [1.54, 1.807) is 13.0 Å². The predicted octanol–water partition coefficient (Wildman–Crippen LogP) is 3.27. The Bertz CT molecular complexity index is 799. The maximum Gasteiger partial charge on any atom is 0.313 e. The maximum absolute atomic E-state index is 13.7. The van der Waals surface area contributed by atoms with E-state index in [0.29, 0.717) is 12.2 Å². The number of carbonyl (C=O) groups is 2. The lowest BCUT2D eigenvalue weighted by atomic mass is 10.2. The second-order valence-electron chi connectivity index (χ2n) is 4.96. The van der Waals surface area contributed by atoms with Gasteiger partial charge in [0, 0.05) is 11.6 Å².